The second-order valence-corrected chi connectivity index (χ2v) is 3.35. The molecule has 0 aromatic heterocycles. The molecule has 0 amide bonds. The number of hydrogen-bond acceptors (Lipinski definition) is 4. The fraction of sp³-hybridized carbons (Fsp3) is 0.300. The molecule has 0 spiro atoms. The number of hydrogen-bond donors (Lipinski definition) is 2. The number of benzene rings is 1. The largest absolute Gasteiger partial charge is 0.506 e. The van der Waals surface area contributed by atoms with Gasteiger partial charge in [-0.2, -0.15) is 0 Å². The van der Waals surface area contributed by atoms with Crippen molar-refractivity contribution in [1.29, 1.82) is 0 Å². The van der Waals surface area contributed by atoms with Crippen LogP contribution in [0.15, 0.2) is 18.2 Å². The molecule has 4 nitrogen and oxygen atoms in total. The molecule has 3 N–H and O–H groups in total. The van der Waals surface area contributed by atoms with Crippen LogP contribution in [0, 0.1) is 0 Å². The lowest BCUT2D eigenvalue weighted by molar-refractivity contribution is -0.144. The van der Waals surface area contributed by atoms with Crippen LogP contribution in [0.5, 0.6) is 5.75 Å². The number of aromatic hydroxyl groups is 1. The van der Waals surface area contributed by atoms with E-state index in [4.69, 9.17) is 22.1 Å². The van der Waals surface area contributed by atoms with Crippen LogP contribution in [0.1, 0.15) is 18.5 Å². The number of ether oxygens (including phenoxy) is 1. The highest BCUT2D eigenvalue weighted by atomic mass is 35.5. The van der Waals surface area contributed by atoms with Gasteiger partial charge in [-0.3, -0.25) is 0 Å². The average Bonchev–Trinajstić information content (AvgIpc) is 2.21. The summed E-state index contributed by atoms with van der Waals surface area (Å²) in [6, 6.07) is 3.49. The van der Waals surface area contributed by atoms with E-state index in [9.17, 15) is 9.90 Å². The molecule has 0 aliphatic rings. The Morgan fingerprint density at radius 3 is 2.87 bits per heavy atom. The van der Waals surface area contributed by atoms with Crippen LogP contribution in [0.25, 0.3) is 0 Å². The number of carbonyl (C=O) groups excluding carboxylic acids is 1. The average molecular weight is 230 g/mol. The molecule has 0 fully saturated rings. The molecule has 15 heavy (non-hydrogen) atoms. The van der Waals surface area contributed by atoms with E-state index >= 15 is 0 Å². The third kappa shape index (κ3) is 2.84. The second-order valence-electron chi connectivity index (χ2n) is 2.94. The Hall–Kier alpha value is -1.26. The van der Waals surface area contributed by atoms with Gasteiger partial charge in [-0.1, -0.05) is 17.7 Å². The van der Waals surface area contributed by atoms with E-state index in [1.54, 1.807) is 6.92 Å². The molecule has 1 atom stereocenters. The predicted molar refractivity (Wildman–Crippen MR) is 56.7 cm³/mol. The summed E-state index contributed by atoms with van der Waals surface area (Å²) in [6.07, 6.45) is 0. The zero-order chi connectivity index (χ0) is 11.4. The first-order valence-electron chi connectivity index (χ1n) is 4.47. The lowest BCUT2D eigenvalue weighted by Gasteiger charge is -2.11. The number of nitrogens with two attached hydrogens (primary N) is 1. The van der Waals surface area contributed by atoms with Crippen molar-refractivity contribution in [3.05, 3.63) is 28.8 Å². The summed E-state index contributed by atoms with van der Waals surface area (Å²) in [4.78, 5) is 11.3. The van der Waals surface area contributed by atoms with Crippen molar-refractivity contribution in [3.63, 3.8) is 0 Å². The lowest BCUT2D eigenvalue weighted by atomic mass is 10.1. The van der Waals surface area contributed by atoms with Gasteiger partial charge in [-0.05, 0) is 24.6 Å². The van der Waals surface area contributed by atoms with Gasteiger partial charge in [0.1, 0.15) is 11.8 Å². The molecule has 0 aliphatic heterocycles. The first-order chi connectivity index (χ1) is 7.06. The summed E-state index contributed by atoms with van der Waals surface area (Å²) >= 11 is 5.68. The number of carbonyl (C=O) groups is 1. The Morgan fingerprint density at radius 1 is 1.67 bits per heavy atom. The summed E-state index contributed by atoms with van der Waals surface area (Å²) in [7, 11) is 0. The highest BCUT2D eigenvalue weighted by Gasteiger charge is 2.17. The predicted octanol–water partition coefficient (Wildman–Crippen LogP) is 1.61. The molecular weight excluding hydrogens is 218 g/mol. The Morgan fingerprint density at radius 2 is 2.33 bits per heavy atom. The molecule has 82 valence electrons. The van der Waals surface area contributed by atoms with E-state index < -0.39 is 12.0 Å². The minimum atomic E-state index is -0.872. The van der Waals surface area contributed by atoms with Crippen LogP contribution < -0.4 is 5.73 Å². The summed E-state index contributed by atoms with van der Waals surface area (Å²) in [5, 5.41) is 9.34. The van der Waals surface area contributed by atoms with Gasteiger partial charge in [0.05, 0.1) is 11.6 Å². The summed E-state index contributed by atoms with van der Waals surface area (Å²) in [5.74, 6) is -0.560. The normalized spacial score (nSPS) is 12.2. The molecule has 1 aromatic rings. The second kappa shape index (κ2) is 5.00. The molecule has 1 rings (SSSR count). The Balaban J connectivity index is 2.86. The third-order valence-corrected chi connectivity index (χ3v) is 2.17. The van der Waals surface area contributed by atoms with Crippen molar-refractivity contribution in [1.82, 2.24) is 0 Å². The van der Waals surface area contributed by atoms with Gasteiger partial charge >= 0.3 is 5.97 Å². The number of phenols is 1. The van der Waals surface area contributed by atoms with Gasteiger partial charge in [-0.15, -0.1) is 0 Å². The highest BCUT2D eigenvalue weighted by molar-refractivity contribution is 6.32. The lowest BCUT2D eigenvalue weighted by Crippen LogP contribution is -2.23. The van der Waals surface area contributed by atoms with E-state index in [1.807, 2.05) is 0 Å². The molecule has 1 aromatic carbocycles. The van der Waals surface area contributed by atoms with Crippen LogP contribution in [0.3, 0.4) is 0 Å². The van der Waals surface area contributed by atoms with Crippen molar-refractivity contribution in [2.24, 2.45) is 5.73 Å². The Kier molecular flexibility index (Phi) is 3.94. The minimum Gasteiger partial charge on any atom is -0.506 e. The maximum atomic E-state index is 11.3. The molecule has 5 heteroatoms. The summed E-state index contributed by atoms with van der Waals surface area (Å²) in [6.45, 7) is 1.98. The number of esters is 1. The van der Waals surface area contributed by atoms with Crippen LogP contribution in [-0.2, 0) is 9.53 Å². The summed E-state index contributed by atoms with van der Waals surface area (Å²) < 4.78 is 4.76. The maximum Gasteiger partial charge on any atom is 0.327 e. The minimum absolute atomic E-state index is 0.0449. The molecule has 0 unspecified atom stereocenters. The Labute approximate surface area is 92.6 Å². The topological polar surface area (TPSA) is 72.5 Å². The fourth-order valence-corrected chi connectivity index (χ4v) is 1.27. The number of rotatable bonds is 3. The molecule has 0 saturated heterocycles. The van der Waals surface area contributed by atoms with Gasteiger partial charge in [0.25, 0.3) is 0 Å². The van der Waals surface area contributed by atoms with Crippen molar-refractivity contribution < 1.29 is 14.6 Å². The van der Waals surface area contributed by atoms with Gasteiger partial charge in [-0.25, -0.2) is 4.79 Å². The smallest absolute Gasteiger partial charge is 0.327 e. The quantitative estimate of drug-likeness (QED) is 0.773. The van der Waals surface area contributed by atoms with Crippen LogP contribution in [0.4, 0.5) is 0 Å². The number of halogens is 1. The van der Waals surface area contributed by atoms with E-state index in [2.05, 4.69) is 0 Å². The first-order valence-corrected chi connectivity index (χ1v) is 4.84. The maximum absolute atomic E-state index is 11.3. The summed E-state index contributed by atoms with van der Waals surface area (Å²) in [5.41, 5.74) is 6.14. The molecular formula is C10H12ClNO3. The van der Waals surface area contributed by atoms with E-state index in [-0.39, 0.29) is 17.4 Å². The first kappa shape index (κ1) is 11.8. The van der Waals surface area contributed by atoms with Crippen molar-refractivity contribution in [3.8, 4) is 5.75 Å². The Bertz CT molecular complexity index is 368. The third-order valence-electron chi connectivity index (χ3n) is 1.87. The highest BCUT2D eigenvalue weighted by Crippen LogP contribution is 2.26. The molecule has 0 saturated carbocycles. The van der Waals surface area contributed by atoms with Crippen molar-refractivity contribution in [2.75, 3.05) is 6.61 Å². The van der Waals surface area contributed by atoms with Gasteiger partial charge in [0.2, 0.25) is 0 Å². The van der Waals surface area contributed by atoms with Gasteiger partial charge in [0.15, 0.2) is 0 Å². The van der Waals surface area contributed by atoms with E-state index in [1.165, 1.54) is 18.2 Å². The van der Waals surface area contributed by atoms with Crippen molar-refractivity contribution >= 4 is 17.6 Å². The standard InChI is InChI=1S/C10H12ClNO3/c1-2-15-10(14)9(12)6-3-4-8(13)7(11)5-6/h3-5,9,13H,2,12H2,1H3/t9-/m0/s1. The molecule has 0 heterocycles. The van der Waals surface area contributed by atoms with Gasteiger partial charge < -0.3 is 15.6 Å². The van der Waals surface area contributed by atoms with E-state index in [0.717, 1.165) is 0 Å². The van der Waals surface area contributed by atoms with E-state index in [0.29, 0.717) is 5.56 Å². The molecule has 0 bridgehead atoms. The van der Waals surface area contributed by atoms with Crippen molar-refractivity contribution in [2.45, 2.75) is 13.0 Å². The monoisotopic (exact) mass is 229 g/mol. The zero-order valence-corrected chi connectivity index (χ0v) is 8.99. The van der Waals surface area contributed by atoms with Crippen LogP contribution in [-0.4, -0.2) is 17.7 Å². The van der Waals surface area contributed by atoms with Gasteiger partial charge in [0, 0.05) is 0 Å². The SMILES string of the molecule is CCOC(=O)[C@@H](N)c1ccc(O)c(Cl)c1. The fourth-order valence-electron chi connectivity index (χ4n) is 1.08. The molecule has 0 radical (unpaired) electrons. The zero-order valence-electron chi connectivity index (χ0n) is 8.24. The van der Waals surface area contributed by atoms with Crippen LogP contribution in [0.2, 0.25) is 5.02 Å². The van der Waals surface area contributed by atoms with Crippen LogP contribution >= 0.6 is 11.6 Å². The molecule has 0 aliphatic carbocycles. The number of phenolic OH excluding ortho intramolecular Hbond substituents is 1.